The first-order valence-electron chi connectivity index (χ1n) is 7.64. The van der Waals surface area contributed by atoms with E-state index in [9.17, 15) is 4.79 Å². The number of carbonyl (C=O) groups is 1. The van der Waals surface area contributed by atoms with E-state index in [1.807, 2.05) is 5.38 Å². The van der Waals surface area contributed by atoms with Crippen LogP contribution >= 0.6 is 11.3 Å². The highest BCUT2D eigenvalue weighted by molar-refractivity contribution is 7.13. The van der Waals surface area contributed by atoms with E-state index in [0.717, 1.165) is 24.0 Å². The fraction of sp³-hybridized carbons (Fsp3) is 0.733. The lowest BCUT2D eigenvalue weighted by Crippen LogP contribution is -2.20. The molecule has 0 atom stereocenters. The third-order valence-electron chi connectivity index (χ3n) is 3.65. The molecule has 0 radical (unpaired) electrons. The highest BCUT2D eigenvalue weighted by atomic mass is 32.1. The quantitative estimate of drug-likeness (QED) is 0.590. The average Bonchev–Trinajstić information content (AvgIpc) is 2.98. The molecule has 0 aromatic carbocycles. The first-order valence-corrected chi connectivity index (χ1v) is 8.52. The van der Waals surface area contributed by atoms with Crippen LogP contribution in [-0.2, 0) is 20.7 Å². The molecule has 0 saturated heterocycles. The normalized spacial score (nSPS) is 15.9. The molecule has 1 fully saturated rings. The first-order chi connectivity index (χ1) is 10.3. The van der Waals surface area contributed by atoms with Crippen LogP contribution in [0.5, 0.6) is 0 Å². The summed E-state index contributed by atoms with van der Waals surface area (Å²) in [5, 5.41) is 6.14. The third-order valence-corrected chi connectivity index (χ3v) is 4.50. The van der Waals surface area contributed by atoms with Gasteiger partial charge in [0.25, 0.3) is 0 Å². The van der Waals surface area contributed by atoms with Crippen molar-refractivity contribution in [2.75, 3.05) is 25.6 Å². The van der Waals surface area contributed by atoms with E-state index in [0.29, 0.717) is 18.9 Å². The number of aryl methyl sites for hydroxylation is 1. The van der Waals surface area contributed by atoms with Gasteiger partial charge in [-0.3, -0.25) is 4.79 Å². The molecule has 5 nitrogen and oxygen atoms in total. The van der Waals surface area contributed by atoms with E-state index in [1.165, 1.54) is 39.2 Å². The van der Waals surface area contributed by atoms with Gasteiger partial charge in [-0.1, -0.05) is 19.3 Å². The number of hydrogen-bond donors (Lipinski definition) is 1. The molecule has 1 N–H and O–H groups in total. The van der Waals surface area contributed by atoms with Crippen LogP contribution in [0, 0.1) is 0 Å². The summed E-state index contributed by atoms with van der Waals surface area (Å²) in [7, 11) is 1.41. The summed E-state index contributed by atoms with van der Waals surface area (Å²) >= 11 is 1.56. The SMILES string of the molecule is COC(=O)CCc1csc(NCCOC2CCCCC2)n1. The number of methoxy groups -OCH3 is 1. The van der Waals surface area contributed by atoms with Gasteiger partial charge in [-0.25, -0.2) is 4.98 Å². The Hall–Kier alpha value is -1.14. The zero-order valence-electron chi connectivity index (χ0n) is 12.6. The van der Waals surface area contributed by atoms with E-state index in [1.54, 1.807) is 11.3 Å². The van der Waals surface area contributed by atoms with Gasteiger partial charge >= 0.3 is 5.97 Å². The van der Waals surface area contributed by atoms with Gasteiger partial charge in [-0.2, -0.15) is 0 Å². The van der Waals surface area contributed by atoms with Crippen LogP contribution in [0.25, 0.3) is 0 Å². The molecule has 1 heterocycles. The zero-order chi connectivity index (χ0) is 14.9. The van der Waals surface area contributed by atoms with Crippen LogP contribution in [0.15, 0.2) is 5.38 Å². The first kappa shape index (κ1) is 16.2. The van der Waals surface area contributed by atoms with Crippen LogP contribution in [0.2, 0.25) is 0 Å². The Kier molecular flexibility index (Phi) is 6.95. The maximum atomic E-state index is 11.1. The monoisotopic (exact) mass is 312 g/mol. The lowest BCUT2D eigenvalue weighted by molar-refractivity contribution is -0.140. The molecule has 1 aromatic rings. The third kappa shape index (κ3) is 6.01. The molecule has 0 unspecified atom stereocenters. The second-order valence-corrected chi connectivity index (χ2v) is 6.14. The molecule has 6 heteroatoms. The van der Waals surface area contributed by atoms with Crippen LogP contribution in [0.1, 0.15) is 44.2 Å². The van der Waals surface area contributed by atoms with Gasteiger partial charge in [0, 0.05) is 18.3 Å². The molecular formula is C15H24N2O3S. The number of aromatic nitrogens is 1. The number of esters is 1. The molecule has 1 aromatic heterocycles. The Balaban J connectivity index is 1.60. The van der Waals surface area contributed by atoms with Crippen molar-refractivity contribution in [1.29, 1.82) is 0 Å². The summed E-state index contributed by atoms with van der Waals surface area (Å²) in [5.74, 6) is -0.196. The van der Waals surface area contributed by atoms with Gasteiger partial charge in [0.15, 0.2) is 5.13 Å². The van der Waals surface area contributed by atoms with E-state index >= 15 is 0 Å². The maximum Gasteiger partial charge on any atom is 0.305 e. The summed E-state index contributed by atoms with van der Waals surface area (Å²) < 4.78 is 10.5. The number of rotatable bonds is 8. The average molecular weight is 312 g/mol. The Labute approximate surface area is 130 Å². The van der Waals surface area contributed by atoms with Crippen molar-refractivity contribution in [3.63, 3.8) is 0 Å². The van der Waals surface area contributed by atoms with Crippen molar-refractivity contribution >= 4 is 22.4 Å². The molecule has 0 amide bonds. The number of thiazole rings is 1. The molecule has 0 spiro atoms. The molecular weight excluding hydrogens is 288 g/mol. The smallest absolute Gasteiger partial charge is 0.305 e. The molecule has 1 saturated carbocycles. The zero-order valence-corrected chi connectivity index (χ0v) is 13.4. The second kappa shape index (κ2) is 9.00. The van der Waals surface area contributed by atoms with Gasteiger partial charge in [-0.05, 0) is 12.8 Å². The summed E-state index contributed by atoms with van der Waals surface area (Å²) in [6, 6.07) is 0. The molecule has 21 heavy (non-hydrogen) atoms. The summed E-state index contributed by atoms with van der Waals surface area (Å²) in [4.78, 5) is 15.5. The van der Waals surface area contributed by atoms with Gasteiger partial charge in [0.1, 0.15) is 0 Å². The lowest BCUT2D eigenvalue weighted by Gasteiger charge is -2.21. The number of nitrogens with one attached hydrogen (secondary N) is 1. The van der Waals surface area contributed by atoms with Crippen molar-refractivity contribution in [2.24, 2.45) is 0 Å². The summed E-state index contributed by atoms with van der Waals surface area (Å²) in [5.41, 5.74) is 0.932. The largest absolute Gasteiger partial charge is 0.469 e. The number of ether oxygens (including phenoxy) is 2. The highest BCUT2D eigenvalue weighted by Crippen LogP contribution is 2.20. The van der Waals surface area contributed by atoms with Crippen molar-refractivity contribution in [3.05, 3.63) is 11.1 Å². The minimum Gasteiger partial charge on any atom is -0.469 e. The topological polar surface area (TPSA) is 60.5 Å². The lowest BCUT2D eigenvalue weighted by atomic mass is 9.98. The number of hydrogen-bond acceptors (Lipinski definition) is 6. The van der Waals surface area contributed by atoms with Crippen LogP contribution in [0.4, 0.5) is 5.13 Å². The predicted molar refractivity (Wildman–Crippen MR) is 83.8 cm³/mol. The number of nitrogens with zero attached hydrogens (tertiary/aromatic N) is 1. The Morgan fingerprint density at radius 3 is 3.00 bits per heavy atom. The summed E-state index contributed by atoms with van der Waals surface area (Å²) in [6.45, 7) is 1.50. The molecule has 0 aliphatic heterocycles. The number of anilines is 1. The van der Waals surface area contributed by atoms with Crippen molar-refractivity contribution in [2.45, 2.75) is 51.0 Å². The van der Waals surface area contributed by atoms with Crippen LogP contribution < -0.4 is 5.32 Å². The highest BCUT2D eigenvalue weighted by Gasteiger charge is 2.13. The molecule has 1 aliphatic rings. The molecule has 0 bridgehead atoms. The van der Waals surface area contributed by atoms with Crippen molar-refractivity contribution in [3.8, 4) is 0 Å². The van der Waals surface area contributed by atoms with E-state index < -0.39 is 0 Å². The van der Waals surface area contributed by atoms with E-state index in [2.05, 4.69) is 15.0 Å². The minimum atomic E-state index is -0.196. The Morgan fingerprint density at radius 1 is 1.43 bits per heavy atom. The standard InChI is InChI=1S/C15H24N2O3S/c1-19-14(18)8-7-12-11-21-15(17-12)16-9-10-20-13-5-3-2-4-6-13/h11,13H,2-10H2,1H3,(H,16,17). The van der Waals surface area contributed by atoms with Crippen molar-refractivity contribution in [1.82, 2.24) is 4.98 Å². The van der Waals surface area contributed by atoms with Crippen LogP contribution in [0.3, 0.4) is 0 Å². The van der Waals surface area contributed by atoms with Gasteiger partial charge in [0.05, 0.1) is 31.9 Å². The number of carbonyl (C=O) groups excluding carboxylic acids is 1. The Bertz CT molecular complexity index is 430. The molecule has 2 rings (SSSR count). The van der Waals surface area contributed by atoms with E-state index in [4.69, 9.17) is 4.74 Å². The molecule has 118 valence electrons. The van der Waals surface area contributed by atoms with E-state index in [-0.39, 0.29) is 5.97 Å². The summed E-state index contributed by atoms with van der Waals surface area (Å²) in [6.07, 6.45) is 7.82. The predicted octanol–water partition coefficient (Wildman–Crippen LogP) is 3.01. The molecule has 1 aliphatic carbocycles. The fourth-order valence-electron chi connectivity index (χ4n) is 2.45. The fourth-order valence-corrected chi connectivity index (χ4v) is 3.22. The Morgan fingerprint density at radius 2 is 2.24 bits per heavy atom. The minimum absolute atomic E-state index is 0.196. The van der Waals surface area contributed by atoms with Crippen molar-refractivity contribution < 1.29 is 14.3 Å². The second-order valence-electron chi connectivity index (χ2n) is 5.28. The van der Waals surface area contributed by atoms with Gasteiger partial charge < -0.3 is 14.8 Å². The van der Waals surface area contributed by atoms with Gasteiger partial charge in [0.2, 0.25) is 0 Å². The van der Waals surface area contributed by atoms with Gasteiger partial charge in [-0.15, -0.1) is 11.3 Å². The maximum absolute atomic E-state index is 11.1. The van der Waals surface area contributed by atoms with Crippen LogP contribution in [-0.4, -0.2) is 37.3 Å².